The van der Waals surface area contributed by atoms with Gasteiger partial charge in [-0.25, -0.2) is 0 Å². The van der Waals surface area contributed by atoms with E-state index in [1.165, 1.54) is 5.56 Å². The molecule has 0 aromatic heterocycles. The van der Waals surface area contributed by atoms with Crippen molar-refractivity contribution in [2.45, 2.75) is 19.8 Å². The molecule has 1 aromatic rings. The van der Waals surface area contributed by atoms with Crippen LogP contribution < -0.4 is 0 Å². The Labute approximate surface area is 78.9 Å². The second-order valence-corrected chi connectivity index (χ2v) is 3.15. The summed E-state index contributed by atoms with van der Waals surface area (Å²) >= 11 is 5.75. The molecule has 0 bridgehead atoms. The third-order valence-corrected chi connectivity index (χ3v) is 1.92. The number of rotatable bonds is 3. The number of hydrogen-bond acceptors (Lipinski definition) is 0. The molecule has 0 spiro atoms. The van der Waals surface area contributed by atoms with E-state index in [4.69, 9.17) is 11.6 Å². The van der Waals surface area contributed by atoms with Crippen LogP contribution in [0.4, 0.5) is 0 Å². The standard InChI is InChI=1S/C11H13Cl/c1-2-3-4-5-10-6-8-11(12)9-7-10/h3-4,6-9H,2,5H2,1H3/b4-3+. The molecule has 0 heterocycles. The lowest BCUT2D eigenvalue weighted by molar-refractivity contribution is 1.18. The maximum absolute atomic E-state index is 5.75. The molecule has 0 fully saturated rings. The highest BCUT2D eigenvalue weighted by atomic mass is 35.5. The largest absolute Gasteiger partial charge is 0.0885 e. The van der Waals surface area contributed by atoms with E-state index in [1.54, 1.807) is 0 Å². The number of benzene rings is 1. The molecule has 0 atom stereocenters. The van der Waals surface area contributed by atoms with E-state index in [0.717, 1.165) is 17.9 Å². The van der Waals surface area contributed by atoms with Crippen molar-refractivity contribution < 1.29 is 0 Å². The molecule has 0 amide bonds. The number of hydrogen-bond donors (Lipinski definition) is 0. The van der Waals surface area contributed by atoms with Crippen LogP contribution in [0, 0.1) is 0 Å². The lowest BCUT2D eigenvalue weighted by atomic mass is 10.1. The second-order valence-electron chi connectivity index (χ2n) is 2.71. The van der Waals surface area contributed by atoms with Gasteiger partial charge < -0.3 is 0 Å². The maximum atomic E-state index is 5.75. The average Bonchev–Trinajstić information content (AvgIpc) is 2.09. The van der Waals surface area contributed by atoms with Gasteiger partial charge in [-0.05, 0) is 30.5 Å². The molecule has 1 heteroatoms. The van der Waals surface area contributed by atoms with E-state index in [9.17, 15) is 0 Å². The van der Waals surface area contributed by atoms with Crippen molar-refractivity contribution in [1.82, 2.24) is 0 Å². The molecular weight excluding hydrogens is 168 g/mol. The van der Waals surface area contributed by atoms with Gasteiger partial charge in [0, 0.05) is 5.02 Å². The van der Waals surface area contributed by atoms with E-state index >= 15 is 0 Å². The first kappa shape index (κ1) is 9.34. The summed E-state index contributed by atoms with van der Waals surface area (Å²) in [5, 5.41) is 0.804. The molecule has 0 N–H and O–H groups in total. The molecule has 0 radical (unpaired) electrons. The lowest BCUT2D eigenvalue weighted by Gasteiger charge is -1.95. The van der Waals surface area contributed by atoms with Crippen molar-refractivity contribution in [1.29, 1.82) is 0 Å². The molecule has 0 aliphatic heterocycles. The Morgan fingerprint density at radius 2 is 1.83 bits per heavy atom. The van der Waals surface area contributed by atoms with Crippen LogP contribution >= 0.6 is 11.6 Å². The molecule has 1 rings (SSSR count). The van der Waals surface area contributed by atoms with Gasteiger partial charge >= 0.3 is 0 Å². The minimum atomic E-state index is 0.804. The van der Waals surface area contributed by atoms with Gasteiger partial charge in [0.2, 0.25) is 0 Å². The smallest absolute Gasteiger partial charge is 0.0406 e. The van der Waals surface area contributed by atoms with E-state index in [1.807, 2.05) is 12.1 Å². The fraction of sp³-hybridized carbons (Fsp3) is 0.273. The Morgan fingerprint density at radius 3 is 2.42 bits per heavy atom. The molecular formula is C11H13Cl. The van der Waals surface area contributed by atoms with Crippen LogP contribution in [0.15, 0.2) is 36.4 Å². The summed E-state index contributed by atoms with van der Waals surface area (Å²) in [5.41, 5.74) is 1.31. The highest BCUT2D eigenvalue weighted by Gasteiger charge is 1.88. The van der Waals surface area contributed by atoms with Gasteiger partial charge in [-0.3, -0.25) is 0 Å². The van der Waals surface area contributed by atoms with Gasteiger partial charge in [0.05, 0.1) is 0 Å². The van der Waals surface area contributed by atoms with Crippen molar-refractivity contribution in [3.8, 4) is 0 Å². The monoisotopic (exact) mass is 180 g/mol. The first-order valence-electron chi connectivity index (χ1n) is 4.22. The Bertz CT molecular complexity index is 246. The van der Waals surface area contributed by atoms with Gasteiger partial charge in [-0.2, -0.15) is 0 Å². The molecule has 0 unspecified atom stereocenters. The predicted molar refractivity (Wildman–Crippen MR) is 54.6 cm³/mol. The fourth-order valence-corrected chi connectivity index (χ4v) is 1.13. The van der Waals surface area contributed by atoms with E-state index < -0.39 is 0 Å². The van der Waals surface area contributed by atoms with Gasteiger partial charge in [0.15, 0.2) is 0 Å². The van der Waals surface area contributed by atoms with Crippen molar-refractivity contribution >= 4 is 11.6 Å². The average molecular weight is 181 g/mol. The van der Waals surface area contributed by atoms with Crippen molar-refractivity contribution in [3.63, 3.8) is 0 Å². The zero-order valence-corrected chi connectivity index (χ0v) is 8.01. The molecule has 1 aromatic carbocycles. The zero-order valence-electron chi connectivity index (χ0n) is 7.26. The van der Waals surface area contributed by atoms with Crippen molar-refractivity contribution in [2.24, 2.45) is 0 Å². The minimum absolute atomic E-state index is 0.804. The van der Waals surface area contributed by atoms with Crippen LogP contribution in [-0.2, 0) is 6.42 Å². The Balaban J connectivity index is 2.53. The summed E-state index contributed by atoms with van der Waals surface area (Å²) < 4.78 is 0. The van der Waals surface area contributed by atoms with Crippen LogP contribution in [0.5, 0.6) is 0 Å². The Morgan fingerprint density at radius 1 is 1.17 bits per heavy atom. The molecule has 0 aliphatic carbocycles. The first-order valence-corrected chi connectivity index (χ1v) is 4.60. The van der Waals surface area contributed by atoms with E-state index in [0.29, 0.717) is 0 Å². The summed E-state index contributed by atoms with van der Waals surface area (Å²) in [6.07, 6.45) is 6.47. The van der Waals surface area contributed by atoms with E-state index in [2.05, 4.69) is 31.2 Å². The maximum Gasteiger partial charge on any atom is 0.0406 e. The van der Waals surface area contributed by atoms with Crippen LogP contribution in [0.3, 0.4) is 0 Å². The number of allylic oxidation sites excluding steroid dienone is 2. The Hall–Kier alpha value is -0.750. The van der Waals surface area contributed by atoms with Gasteiger partial charge in [-0.1, -0.05) is 42.8 Å². The van der Waals surface area contributed by atoms with Gasteiger partial charge in [-0.15, -0.1) is 0 Å². The van der Waals surface area contributed by atoms with E-state index in [-0.39, 0.29) is 0 Å². The molecule has 0 saturated heterocycles. The highest BCUT2D eigenvalue weighted by molar-refractivity contribution is 6.30. The van der Waals surface area contributed by atoms with Crippen molar-refractivity contribution in [3.05, 3.63) is 47.0 Å². The fourth-order valence-electron chi connectivity index (χ4n) is 1.01. The lowest BCUT2D eigenvalue weighted by Crippen LogP contribution is -1.78. The van der Waals surface area contributed by atoms with Crippen LogP contribution in [0.25, 0.3) is 0 Å². The normalized spacial score (nSPS) is 10.8. The predicted octanol–water partition coefficient (Wildman–Crippen LogP) is 3.85. The highest BCUT2D eigenvalue weighted by Crippen LogP contribution is 2.10. The van der Waals surface area contributed by atoms with Gasteiger partial charge in [0.1, 0.15) is 0 Å². The third-order valence-electron chi connectivity index (χ3n) is 1.67. The molecule has 0 nitrogen and oxygen atoms in total. The quantitative estimate of drug-likeness (QED) is 0.620. The zero-order chi connectivity index (χ0) is 8.81. The van der Waals surface area contributed by atoms with Crippen LogP contribution in [-0.4, -0.2) is 0 Å². The van der Waals surface area contributed by atoms with Crippen LogP contribution in [0.1, 0.15) is 18.9 Å². The minimum Gasteiger partial charge on any atom is -0.0885 e. The summed E-state index contributed by atoms with van der Waals surface area (Å²) in [6.45, 7) is 2.14. The summed E-state index contributed by atoms with van der Waals surface area (Å²) in [6, 6.07) is 7.97. The number of halogens is 1. The second kappa shape index (κ2) is 5.00. The molecule has 64 valence electrons. The molecule has 12 heavy (non-hydrogen) atoms. The van der Waals surface area contributed by atoms with Gasteiger partial charge in [0.25, 0.3) is 0 Å². The summed E-state index contributed by atoms with van der Waals surface area (Å²) in [5.74, 6) is 0. The summed E-state index contributed by atoms with van der Waals surface area (Å²) in [4.78, 5) is 0. The topological polar surface area (TPSA) is 0 Å². The first-order chi connectivity index (χ1) is 5.83. The third kappa shape index (κ3) is 3.10. The Kier molecular flexibility index (Phi) is 3.89. The molecule has 0 aliphatic rings. The van der Waals surface area contributed by atoms with Crippen molar-refractivity contribution in [2.75, 3.05) is 0 Å². The molecule has 0 saturated carbocycles. The van der Waals surface area contributed by atoms with Crippen LogP contribution in [0.2, 0.25) is 5.02 Å². The SMILES string of the molecule is CC/C=C/Cc1ccc(Cl)cc1. The summed E-state index contributed by atoms with van der Waals surface area (Å²) in [7, 11) is 0.